The first-order chi connectivity index (χ1) is 13.2. The number of nitrogens with zero attached hydrogens (tertiary/aromatic N) is 3. The molecule has 1 N–H and O–H groups in total. The quantitative estimate of drug-likeness (QED) is 0.517. The zero-order chi connectivity index (χ0) is 19.1. The molecule has 3 aliphatic rings. The summed E-state index contributed by atoms with van der Waals surface area (Å²) in [6.07, 6.45) is 9.22. The smallest absolute Gasteiger partial charge is 0.193 e. The van der Waals surface area contributed by atoms with Gasteiger partial charge in [0.25, 0.3) is 0 Å². The standard InChI is InChI=1S/C21H40N4O2/c1-4-22-21(23-15-20(24(2)3)17-8-9-17)25-12-10-18(11-13-25)27-16-19-7-5-6-14-26-19/h17-20H,4-16H2,1-3H3,(H,22,23). The Balaban J connectivity index is 1.44. The summed E-state index contributed by atoms with van der Waals surface area (Å²) in [5.74, 6) is 1.92. The van der Waals surface area contributed by atoms with Gasteiger partial charge in [0.2, 0.25) is 0 Å². The third-order valence-electron chi connectivity index (χ3n) is 6.13. The van der Waals surface area contributed by atoms with Crippen molar-refractivity contribution in [3.8, 4) is 0 Å². The lowest BCUT2D eigenvalue weighted by atomic mass is 10.1. The first-order valence-electron chi connectivity index (χ1n) is 11.1. The van der Waals surface area contributed by atoms with Gasteiger partial charge in [-0.3, -0.25) is 4.99 Å². The second kappa shape index (κ2) is 10.6. The van der Waals surface area contributed by atoms with Gasteiger partial charge in [0, 0.05) is 32.3 Å². The number of likely N-dealkylation sites (N-methyl/N-ethyl adjacent to an activating group) is 1. The molecular formula is C21H40N4O2. The fourth-order valence-corrected chi connectivity index (χ4v) is 4.24. The molecule has 2 aliphatic heterocycles. The topological polar surface area (TPSA) is 49.3 Å². The monoisotopic (exact) mass is 380 g/mol. The van der Waals surface area contributed by atoms with Gasteiger partial charge >= 0.3 is 0 Å². The fraction of sp³-hybridized carbons (Fsp3) is 0.952. The molecule has 2 saturated heterocycles. The highest BCUT2D eigenvalue weighted by Crippen LogP contribution is 2.34. The number of aliphatic imine (C=N–C) groups is 1. The Hall–Kier alpha value is -0.850. The van der Waals surface area contributed by atoms with Crippen LogP contribution in [0.4, 0.5) is 0 Å². The molecule has 0 aromatic heterocycles. The van der Waals surface area contributed by atoms with E-state index in [2.05, 4.69) is 36.1 Å². The lowest BCUT2D eigenvalue weighted by molar-refractivity contribution is -0.0721. The minimum Gasteiger partial charge on any atom is -0.376 e. The van der Waals surface area contributed by atoms with E-state index in [9.17, 15) is 0 Å². The SMILES string of the molecule is CCNC(=NCC(C1CC1)N(C)C)N1CCC(OCC2CCCCO2)CC1. The highest BCUT2D eigenvalue weighted by Gasteiger charge is 2.32. The van der Waals surface area contributed by atoms with Crippen LogP contribution in [0.3, 0.4) is 0 Å². The van der Waals surface area contributed by atoms with Crippen molar-refractivity contribution >= 4 is 5.96 Å². The summed E-state index contributed by atoms with van der Waals surface area (Å²) < 4.78 is 12.0. The number of guanidine groups is 1. The van der Waals surface area contributed by atoms with Gasteiger partial charge in [0.05, 0.1) is 25.4 Å². The van der Waals surface area contributed by atoms with Gasteiger partial charge in [-0.1, -0.05) is 0 Å². The number of nitrogens with one attached hydrogen (secondary N) is 1. The maximum Gasteiger partial charge on any atom is 0.193 e. The van der Waals surface area contributed by atoms with E-state index in [0.29, 0.717) is 18.2 Å². The summed E-state index contributed by atoms with van der Waals surface area (Å²) in [4.78, 5) is 9.76. The molecular weight excluding hydrogens is 340 g/mol. The summed E-state index contributed by atoms with van der Waals surface area (Å²) in [6.45, 7) is 7.70. The number of hydrogen-bond acceptors (Lipinski definition) is 4. The van der Waals surface area contributed by atoms with Crippen LogP contribution in [0, 0.1) is 5.92 Å². The largest absolute Gasteiger partial charge is 0.376 e. The number of rotatable bonds is 8. The molecule has 0 bridgehead atoms. The molecule has 6 nitrogen and oxygen atoms in total. The molecule has 6 heteroatoms. The Kier molecular flexibility index (Phi) is 8.22. The van der Waals surface area contributed by atoms with Crippen molar-refractivity contribution < 1.29 is 9.47 Å². The molecule has 156 valence electrons. The molecule has 1 aliphatic carbocycles. The highest BCUT2D eigenvalue weighted by atomic mass is 16.5. The van der Waals surface area contributed by atoms with Gasteiger partial charge < -0.3 is 24.6 Å². The van der Waals surface area contributed by atoms with Gasteiger partial charge in [-0.15, -0.1) is 0 Å². The number of hydrogen-bond donors (Lipinski definition) is 1. The second-order valence-electron chi connectivity index (χ2n) is 8.57. The minimum atomic E-state index is 0.320. The Bertz CT molecular complexity index is 451. The van der Waals surface area contributed by atoms with Crippen molar-refractivity contribution in [2.75, 3.05) is 53.5 Å². The Morgan fingerprint density at radius 1 is 1.19 bits per heavy atom. The lowest BCUT2D eigenvalue weighted by Crippen LogP contribution is -2.48. The molecule has 1 saturated carbocycles. The van der Waals surface area contributed by atoms with Crippen LogP contribution < -0.4 is 5.32 Å². The number of likely N-dealkylation sites (tertiary alicyclic amines) is 1. The fourth-order valence-electron chi connectivity index (χ4n) is 4.24. The number of piperidine rings is 1. The van der Waals surface area contributed by atoms with Crippen molar-refractivity contribution in [3.63, 3.8) is 0 Å². The predicted octanol–water partition coefficient (Wildman–Crippen LogP) is 2.34. The first-order valence-corrected chi connectivity index (χ1v) is 11.1. The second-order valence-corrected chi connectivity index (χ2v) is 8.57. The van der Waals surface area contributed by atoms with E-state index in [1.54, 1.807) is 0 Å². The van der Waals surface area contributed by atoms with Crippen LogP contribution in [0.25, 0.3) is 0 Å². The number of ether oxygens (including phenoxy) is 2. The molecule has 0 spiro atoms. The van der Waals surface area contributed by atoms with Crippen molar-refractivity contribution in [3.05, 3.63) is 0 Å². The molecule has 2 heterocycles. The highest BCUT2D eigenvalue weighted by molar-refractivity contribution is 5.80. The van der Waals surface area contributed by atoms with Crippen molar-refractivity contribution in [2.45, 2.75) is 70.1 Å². The van der Waals surface area contributed by atoms with Gasteiger partial charge in [0.1, 0.15) is 0 Å². The van der Waals surface area contributed by atoms with E-state index in [4.69, 9.17) is 14.5 Å². The summed E-state index contributed by atoms with van der Waals surface area (Å²) >= 11 is 0. The van der Waals surface area contributed by atoms with E-state index >= 15 is 0 Å². The zero-order valence-corrected chi connectivity index (χ0v) is 17.7. The van der Waals surface area contributed by atoms with Crippen LogP contribution >= 0.6 is 0 Å². The average molecular weight is 381 g/mol. The van der Waals surface area contributed by atoms with E-state index in [0.717, 1.165) is 70.5 Å². The van der Waals surface area contributed by atoms with Crippen molar-refractivity contribution in [1.82, 2.24) is 15.1 Å². The Morgan fingerprint density at radius 2 is 1.96 bits per heavy atom. The predicted molar refractivity (Wildman–Crippen MR) is 110 cm³/mol. The molecule has 2 unspecified atom stereocenters. The average Bonchev–Trinajstić information content (AvgIpc) is 3.52. The third kappa shape index (κ3) is 6.61. The van der Waals surface area contributed by atoms with Gasteiger partial charge in [0.15, 0.2) is 5.96 Å². The van der Waals surface area contributed by atoms with Crippen LogP contribution in [0.2, 0.25) is 0 Å². The summed E-state index contributed by atoms with van der Waals surface area (Å²) in [5.41, 5.74) is 0. The van der Waals surface area contributed by atoms with Gasteiger partial charge in [-0.05, 0) is 71.9 Å². The molecule has 3 fully saturated rings. The molecule has 0 aromatic carbocycles. The maximum absolute atomic E-state index is 6.16. The van der Waals surface area contributed by atoms with E-state index in [1.165, 1.54) is 25.7 Å². The Morgan fingerprint density at radius 3 is 2.56 bits per heavy atom. The van der Waals surface area contributed by atoms with Crippen LogP contribution in [0.1, 0.15) is 51.9 Å². The van der Waals surface area contributed by atoms with Crippen molar-refractivity contribution in [2.24, 2.45) is 10.9 Å². The summed E-state index contributed by atoms with van der Waals surface area (Å²) in [6, 6.07) is 0.579. The van der Waals surface area contributed by atoms with Crippen molar-refractivity contribution in [1.29, 1.82) is 0 Å². The Labute approximate surface area is 165 Å². The normalized spacial score (nSPS) is 26.4. The van der Waals surface area contributed by atoms with Crippen LogP contribution in [0.5, 0.6) is 0 Å². The molecule has 3 rings (SSSR count). The minimum absolute atomic E-state index is 0.320. The molecule has 27 heavy (non-hydrogen) atoms. The van der Waals surface area contributed by atoms with Crippen LogP contribution in [-0.2, 0) is 9.47 Å². The van der Waals surface area contributed by atoms with Gasteiger partial charge in [-0.2, -0.15) is 0 Å². The first kappa shape index (κ1) is 20.9. The van der Waals surface area contributed by atoms with Crippen LogP contribution in [-0.4, -0.2) is 87.5 Å². The lowest BCUT2D eigenvalue weighted by Gasteiger charge is -2.35. The summed E-state index contributed by atoms with van der Waals surface area (Å²) in [5, 5.41) is 3.50. The van der Waals surface area contributed by atoms with E-state index in [-0.39, 0.29) is 0 Å². The maximum atomic E-state index is 6.16. The molecule has 0 radical (unpaired) electrons. The van der Waals surface area contributed by atoms with E-state index < -0.39 is 0 Å². The molecule has 0 aromatic rings. The molecule has 0 amide bonds. The van der Waals surface area contributed by atoms with E-state index in [1.807, 2.05) is 0 Å². The zero-order valence-electron chi connectivity index (χ0n) is 17.7. The summed E-state index contributed by atoms with van der Waals surface area (Å²) in [7, 11) is 4.37. The molecule has 2 atom stereocenters. The third-order valence-corrected chi connectivity index (χ3v) is 6.13. The van der Waals surface area contributed by atoms with Crippen LogP contribution in [0.15, 0.2) is 4.99 Å². The van der Waals surface area contributed by atoms with Gasteiger partial charge in [-0.25, -0.2) is 0 Å².